The zero-order valence-electron chi connectivity index (χ0n) is 24.4. The van der Waals surface area contributed by atoms with Gasteiger partial charge >= 0.3 is 0 Å². The molecule has 8 bridgehead atoms. The van der Waals surface area contributed by atoms with E-state index in [-0.39, 0.29) is 12.5 Å². The van der Waals surface area contributed by atoms with Crippen molar-refractivity contribution in [2.24, 2.45) is 0 Å². The summed E-state index contributed by atoms with van der Waals surface area (Å²) in [5, 5.41) is 2.95. The van der Waals surface area contributed by atoms with E-state index in [0.29, 0.717) is 67.6 Å². The molecule has 11 heteroatoms. The Bertz CT molecular complexity index is 1560. The Kier molecular flexibility index (Phi) is 8.91. The normalized spacial score (nSPS) is 18.0. The maximum absolute atomic E-state index is 13.6. The number of fused-ring (bicyclic) bond motifs is 8. The Morgan fingerprint density at radius 3 is 2.52 bits per heavy atom. The molecular formula is C31H37N3O7S. The van der Waals surface area contributed by atoms with Crippen molar-refractivity contribution >= 4 is 16.1 Å². The largest absolute Gasteiger partial charge is 0.493 e. The molecule has 0 spiro atoms. The van der Waals surface area contributed by atoms with Gasteiger partial charge in [-0.15, -0.1) is 0 Å². The van der Waals surface area contributed by atoms with Crippen molar-refractivity contribution in [2.75, 3.05) is 48.0 Å². The molecule has 0 aliphatic carbocycles. The second-order valence-corrected chi connectivity index (χ2v) is 12.6. The highest BCUT2D eigenvalue weighted by Gasteiger charge is 2.39. The Hall–Kier alpha value is -3.80. The molecule has 224 valence electrons. The number of ether oxygens (including phenoxy) is 4. The molecule has 0 aromatic heterocycles. The van der Waals surface area contributed by atoms with Crippen molar-refractivity contribution in [3.8, 4) is 28.7 Å². The van der Waals surface area contributed by atoms with E-state index in [1.165, 1.54) is 22.7 Å². The molecule has 1 unspecified atom stereocenters. The number of rotatable bonds is 4. The van der Waals surface area contributed by atoms with E-state index in [1.54, 1.807) is 20.3 Å². The Morgan fingerprint density at radius 1 is 0.952 bits per heavy atom. The molecule has 3 aliphatic heterocycles. The molecule has 3 aromatic rings. The van der Waals surface area contributed by atoms with Crippen LogP contribution < -0.4 is 24.3 Å². The number of hydrogen-bond acceptors (Lipinski definition) is 7. The van der Waals surface area contributed by atoms with Crippen LogP contribution in [-0.4, -0.2) is 70.9 Å². The molecular weight excluding hydrogens is 558 g/mol. The second-order valence-electron chi connectivity index (χ2n) is 10.5. The fraction of sp³-hybridized carbons (Fsp3) is 0.387. The van der Waals surface area contributed by atoms with Crippen molar-refractivity contribution in [3.63, 3.8) is 0 Å². The molecule has 42 heavy (non-hydrogen) atoms. The molecule has 3 aliphatic rings. The number of carbonyl (C=O) groups excluding carboxylic acids is 1. The third-order valence-electron chi connectivity index (χ3n) is 7.54. The Balaban J connectivity index is 1.66. The topological polar surface area (TPSA) is 107 Å². The summed E-state index contributed by atoms with van der Waals surface area (Å²) in [5.74, 6) is 2.63. The predicted molar refractivity (Wildman–Crippen MR) is 159 cm³/mol. The van der Waals surface area contributed by atoms with Crippen LogP contribution in [0.25, 0.3) is 0 Å². The first-order chi connectivity index (χ1) is 20.2. The summed E-state index contributed by atoms with van der Waals surface area (Å²) in [6, 6.07) is 16.3. The molecule has 10 nitrogen and oxygen atoms in total. The van der Waals surface area contributed by atoms with Gasteiger partial charge in [-0.05, 0) is 77.9 Å². The zero-order valence-corrected chi connectivity index (χ0v) is 25.2. The number of benzene rings is 3. The first-order valence-corrected chi connectivity index (χ1v) is 15.3. The minimum atomic E-state index is -3.80. The number of hydrogen-bond donors (Lipinski definition) is 1. The summed E-state index contributed by atoms with van der Waals surface area (Å²) >= 11 is 0. The highest BCUT2D eigenvalue weighted by atomic mass is 32.2. The van der Waals surface area contributed by atoms with Gasteiger partial charge in [0.25, 0.3) is 10.2 Å². The summed E-state index contributed by atoms with van der Waals surface area (Å²) in [7, 11) is 2.39. The quantitative estimate of drug-likeness (QED) is 0.485. The summed E-state index contributed by atoms with van der Waals surface area (Å²) in [4.78, 5) is 12.5. The smallest absolute Gasteiger partial charge is 0.282 e. The molecule has 3 aromatic carbocycles. The van der Waals surface area contributed by atoms with Crippen molar-refractivity contribution in [1.82, 2.24) is 13.9 Å². The summed E-state index contributed by atoms with van der Waals surface area (Å²) in [6.45, 7) is 1.09. The summed E-state index contributed by atoms with van der Waals surface area (Å²) in [6.07, 6.45) is 2.02. The number of carbonyl (C=O) groups is 1. The lowest BCUT2D eigenvalue weighted by Crippen LogP contribution is -2.46. The maximum Gasteiger partial charge on any atom is 0.282 e. The molecule has 0 saturated carbocycles. The van der Waals surface area contributed by atoms with E-state index < -0.39 is 16.3 Å². The van der Waals surface area contributed by atoms with Crippen molar-refractivity contribution in [2.45, 2.75) is 31.7 Å². The van der Waals surface area contributed by atoms with Gasteiger partial charge in [-0.1, -0.05) is 18.2 Å². The van der Waals surface area contributed by atoms with Gasteiger partial charge in [-0.2, -0.15) is 17.0 Å². The fourth-order valence-electron chi connectivity index (χ4n) is 5.34. The van der Waals surface area contributed by atoms with Crippen molar-refractivity contribution in [3.05, 3.63) is 76.9 Å². The molecule has 6 rings (SSSR count). The van der Waals surface area contributed by atoms with Crippen LogP contribution >= 0.6 is 0 Å². The maximum atomic E-state index is 13.6. The van der Waals surface area contributed by atoms with E-state index >= 15 is 0 Å². The number of methoxy groups -OCH3 is 2. The SMILES string of the molecule is COc1ccc2cc1OCCCNC(=O)CCc1cccc(c1)Oc1cc3c(cc1OC)C2N(S(=O)(=O)N(C)C)CC3. The second kappa shape index (κ2) is 12.6. The number of amides is 1. The van der Waals surface area contributed by atoms with E-state index in [1.807, 2.05) is 48.5 Å². The van der Waals surface area contributed by atoms with Gasteiger partial charge in [0, 0.05) is 33.6 Å². The molecule has 1 N–H and O–H groups in total. The van der Waals surface area contributed by atoms with E-state index in [4.69, 9.17) is 18.9 Å². The number of nitrogens with one attached hydrogen (secondary N) is 1. The van der Waals surface area contributed by atoms with Gasteiger partial charge in [0.2, 0.25) is 5.91 Å². The van der Waals surface area contributed by atoms with Crippen LogP contribution in [0.4, 0.5) is 0 Å². The molecule has 0 fully saturated rings. The average molecular weight is 596 g/mol. The van der Waals surface area contributed by atoms with Gasteiger partial charge < -0.3 is 24.3 Å². The van der Waals surface area contributed by atoms with Gasteiger partial charge in [0.05, 0.1) is 26.9 Å². The minimum absolute atomic E-state index is 0.0376. The van der Waals surface area contributed by atoms with Crippen LogP contribution in [0.15, 0.2) is 54.6 Å². The highest BCUT2D eigenvalue weighted by Crippen LogP contribution is 2.45. The summed E-state index contributed by atoms with van der Waals surface area (Å²) < 4.78 is 53.6. The van der Waals surface area contributed by atoms with Gasteiger partial charge in [-0.25, -0.2) is 0 Å². The molecule has 3 heterocycles. The Morgan fingerprint density at radius 2 is 1.76 bits per heavy atom. The zero-order chi connectivity index (χ0) is 29.9. The van der Waals surface area contributed by atoms with Crippen molar-refractivity contribution in [1.29, 1.82) is 0 Å². The first-order valence-electron chi connectivity index (χ1n) is 14.0. The monoisotopic (exact) mass is 595 g/mol. The van der Waals surface area contributed by atoms with E-state index in [9.17, 15) is 13.2 Å². The first kappa shape index (κ1) is 29.7. The molecule has 1 amide bonds. The van der Waals surface area contributed by atoms with Gasteiger partial charge in [-0.3, -0.25) is 4.79 Å². The van der Waals surface area contributed by atoms with Crippen LogP contribution in [-0.2, 0) is 27.8 Å². The lowest BCUT2D eigenvalue weighted by atomic mass is 9.89. The van der Waals surface area contributed by atoms with Crippen LogP contribution in [0.1, 0.15) is 41.1 Å². The molecule has 0 saturated heterocycles. The lowest BCUT2D eigenvalue weighted by molar-refractivity contribution is -0.121. The van der Waals surface area contributed by atoms with E-state index in [2.05, 4.69) is 5.32 Å². The third kappa shape index (κ3) is 6.18. The van der Waals surface area contributed by atoms with Gasteiger partial charge in [0.15, 0.2) is 23.0 Å². The lowest BCUT2D eigenvalue weighted by Gasteiger charge is -2.38. The number of nitrogens with zero attached hydrogens (tertiary/aromatic N) is 2. The average Bonchev–Trinajstić information content (AvgIpc) is 2.98. The van der Waals surface area contributed by atoms with Crippen LogP contribution in [0.5, 0.6) is 28.7 Å². The molecule has 1 atom stereocenters. The third-order valence-corrected chi connectivity index (χ3v) is 9.45. The fourth-order valence-corrected chi connectivity index (χ4v) is 6.59. The number of aryl methyl sites for hydroxylation is 1. The summed E-state index contributed by atoms with van der Waals surface area (Å²) in [5.41, 5.74) is 3.47. The molecule has 0 radical (unpaired) electrons. The Labute approximate surface area is 247 Å². The van der Waals surface area contributed by atoms with Crippen LogP contribution in [0.3, 0.4) is 0 Å². The van der Waals surface area contributed by atoms with Crippen LogP contribution in [0, 0.1) is 0 Å². The predicted octanol–water partition coefficient (Wildman–Crippen LogP) is 4.08. The van der Waals surface area contributed by atoms with Crippen molar-refractivity contribution < 1.29 is 32.2 Å². The highest BCUT2D eigenvalue weighted by molar-refractivity contribution is 7.86. The standard InChI is InChI=1S/C31H37N3O7S/c1-33(2)42(36,37)34-15-13-22-18-29-27(39-4)20-25(22)31(34)23-10-11-26(38-3)28(19-23)40-16-6-14-32-30(35)12-9-21-7-5-8-24(17-21)41-29/h5,7-8,10-11,17-20,31H,6,9,12-16H2,1-4H3,(H,32,35). The van der Waals surface area contributed by atoms with Gasteiger partial charge in [0.1, 0.15) is 5.75 Å². The minimum Gasteiger partial charge on any atom is -0.493 e. The van der Waals surface area contributed by atoms with Crippen LogP contribution in [0.2, 0.25) is 0 Å². The van der Waals surface area contributed by atoms with E-state index in [0.717, 1.165) is 22.3 Å².